The fraction of sp³-hybridized carbons (Fsp3) is 0.273. The van der Waals surface area contributed by atoms with E-state index in [1.54, 1.807) is 71.9 Å². The minimum Gasteiger partial charge on any atom is -0.489 e. The Morgan fingerprint density at radius 1 is 0.676 bits per heavy atom. The number of hydroxylamine groups is 1. The number of carbonyl (C=O) groups is 5. The monoisotopic (exact) mass is 964 g/mol. The molecule has 0 aliphatic rings. The second kappa shape index (κ2) is 24.4. The molecule has 5 amide bonds. The van der Waals surface area contributed by atoms with Gasteiger partial charge in [0.2, 0.25) is 11.9 Å². The zero-order valence-corrected chi connectivity index (χ0v) is 40.8. The lowest BCUT2D eigenvalue weighted by atomic mass is 9.92. The van der Waals surface area contributed by atoms with Gasteiger partial charge in [-0.2, -0.15) is 0 Å². The van der Waals surface area contributed by atoms with E-state index in [0.717, 1.165) is 32.7 Å². The summed E-state index contributed by atoms with van der Waals surface area (Å²) in [6.07, 6.45) is 0.124. The first-order chi connectivity index (χ1) is 34.0. The number of aliphatic imine (C=N–C) groups is 1. The first-order valence-corrected chi connectivity index (χ1v) is 23.1. The SMILES string of the molecule is C=CCOc1ccc2ccccc2c1-c1c(OCC(=O)N[C@H](CCCN=C(NC(=O)OC(C)(C)C)NC(=O)OC(C)(C)C)C(=O)Nc2cccc(C(=O)NOCc3ccccc3)c2)ccc2ccccc12. The molecule has 370 valence electrons. The summed E-state index contributed by atoms with van der Waals surface area (Å²) in [7, 11) is 0. The van der Waals surface area contributed by atoms with E-state index in [1.807, 2.05) is 97.1 Å². The van der Waals surface area contributed by atoms with Crippen molar-refractivity contribution in [1.29, 1.82) is 0 Å². The molecule has 6 aromatic rings. The minimum absolute atomic E-state index is 0.0297. The van der Waals surface area contributed by atoms with Crippen LogP contribution in [0.5, 0.6) is 11.5 Å². The van der Waals surface area contributed by atoms with E-state index in [1.165, 1.54) is 6.07 Å². The minimum atomic E-state index is -1.16. The molecule has 71 heavy (non-hydrogen) atoms. The highest BCUT2D eigenvalue weighted by Gasteiger charge is 2.25. The van der Waals surface area contributed by atoms with Crippen LogP contribution >= 0.6 is 0 Å². The van der Waals surface area contributed by atoms with E-state index in [4.69, 9.17) is 23.8 Å². The van der Waals surface area contributed by atoms with Gasteiger partial charge in [0, 0.05) is 28.9 Å². The van der Waals surface area contributed by atoms with Crippen molar-refractivity contribution in [3.05, 3.63) is 151 Å². The molecule has 6 aromatic carbocycles. The maximum absolute atomic E-state index is 14.2. The maximum Gasteiger partial charge on any atom is 0.414 e. The van der Waals surface area contributed by atoms with Crippen LogP contribution in [-0.4, -0.2) is 72.9 Å². The van der Waals surface area contributed by atoms with Gasteiger partial charge < -0.3 is 29.6 Å². The van der Waals surface area contributed by atoms with Crippen LogP contribution in [0.1, 0.15) is 70.3 Å². The van der Waals surface area contributed by atoms with Crippen LogP contribution in [0.15, 0.2) is 145 Å². The number of alkyl carbamates (subject to hydrolysis) is 2. The van der Waals surface area contributed by atoms with Gasteiger partial charge in [0.25, 0.3) is 11.8 Å². The first kappa shape index (κ1) is 52.1. The Hall–Kier alpha value is -8.24. The van der Waals surface area contributed by atoms with Gasteiger partial charge in [0.1, 0.15) is 35.3 Å². The van der Waals surface area contributed by atoms with Crippen LogP contribution in [0.2, 0.25) is 0 Å². The number of amides is 5. The maximum atomic E-state index is 14.2. The topological polar surface area (TPSA) is 204 Å². The molecular formula is C55H60N6O10. The van der Waals surface area contributed by atoms with E-state index in [0.29, 0.717) is 17.1 Å². The Labute approximate surface area is 413 Å². The average molecular weight is 965 g/mol. The summed E-state index contributed by atoms with van der Waals surface area (Å²) in [4.78, 5) is 76.4. The highest BCUT2D eigenvalue weighted by atomic mass is 16.7. The summed E-state index contributed by atoms with van der Waals surface area (Å²) < 4.78 is 23.3. The lowest BCUT2D eigenvalue weighted by Gasteiger charge is -2.22. The predicted octanol–water partition coefficient (Wildman–Crippen LogP) is 9.77. The van der Waals surface area contributed by atoms with Crippen LogP contribution < -0.4 is 36.2 Å². The summed E-state index contributed by atoms with van der Waals surface area (Å²) in [5.41, 5.74) is 3.55. The molecule has 0 spiro atoms. The molecule has 0 aliphatic carbocycles. The number of guanidine groups is 1. The van der Waals surface area contributed by atoms with Gasteiger partial charge >= 0.3 is 12.2 Å². The fourth-order valence-corrected chi connectivity index (χ4v) is 7.24. The molecule has 0 aliphatic heterocycles. The van der Waals surface area contributed by atoms with Crippen LogP contribution in [0.3, 0.4) is 0 Å². The number of rotatable bonds is 18. The number of benzene rings is 6. The van der Waals surface area contributed by atoms with Crippen molar-refractivity contribution in [3.8, 4) is 22.6 Å². The Balaban J connectivity index is 1.24. The molecule has 0 aromatic heterocycles. The normalized spacial score (nSPS) is 11.6. The number of hydrogen-bond donors (Lipinski definition) is 5. The van der Waals surface area contributed by atoms with Crippen LogP contribution in [0, 0.1) is 0 Å². The van der Waals surface area contributed by atoms with Crippen molar-refractivity contribution in [1.82, 2.24) is 21.4 Å². The van der Waals surface area contributed by atoms with E-state index < -0.39 is 53.8 Å². The Morgan fingerprint density at radius 2 is 1.25 bits per heavy atom. The van der Waals surface area contributed by atoms with Gasteiger partial charge in [-0.3, -0.25) is 34.8 Å². The summed E-state index contributed by atoms with van der Waals surface area (Å²) in [5, 5.41) is 14.2. The zero-order chi connectivity index (χ0) is 51.0. The molecule has 0 unspecified atom stereocenters. The number of anilines is 1. The van der Waals surface area contributed by atoms with Gasteiger partial charge in [-0.1, -0.05) is 110 Å². The van der Waals surface area contributed by atoms with Crippen molar-refractivity contribution in [3.63, 3.8) is 0 Å². The average Bonchev–Trinajstić information content (AvgIpc) is 3.32. The Bertz CT molecular complexity index is 2860. The van der Waals surface area contributed by atoms with Crippen LogP contribution in [0.25, 0.3) is 32.7 Å². The van der Waals surface area contributed by atoms with E-state index >= 15 is 0 Å². The molecule has 6 rings (SSSR count). The number of hydrogen-bond acceptors (Lipinski definition) is 11. The third-order valence-corrected chi connectivity index (χ3v) is 10.2. The molecule has 0 saturated carbocycles. The van der Waals surface area contributed by atoms with E-state index in [2.05, 4.69) is 38.3 Å². The van der Waals surface area contributed by atoms with Gasteiger partial charge in [0.05, 0.1) is 6.61 Å². The molecule has 16 heteroatoms. The Kier molecular flexibility index (Phi) is 17.9. The van der Waals surface area contributed by atoms with Gasteiger partial charge in [0.15, 0.2) is 6.61 Å². The van der Waals surface area contributed by atoms with E-state index in [-0.39, 0.29) is 49.8 Å². The number of nitrogens with one attached hydrogen (secondary N) is 5. The van der Waals surface area contributed by atoms with Crippen molar-refractivity contribution in [2.45, 2.75) is 78.2 Å². The van der Waals surface area contributed by atoms with Gasteiger partial charge in [-0.05, 0) is 112 Å². The van der Waals surface area contributed by atoms with Crippen molar-refractivity contribution in [2.24, 2.45) is 4.99 Å². The van der Waals surface area contributed by atoms with E-state index in [9.17, 15) is 24.0 Å². The third-order valence-electron chi connectivity index (χ3n) is 10.2. The molecule has 5 N–H and O–H groups in total. The smallest absolute Gasteiger partial charge is 0.414 e. The van der Waals surface area contributed by atoms with Crippen molar-refractivity contribution >= 4 is 63.1 Å². The molecular weight excluding hydrogens is 905 g/mol. The summed E-state index contributed by atoms with van der Waals surface area (Å²) in [6, 6.07) is 37.7. The first-order valence-electron chi connectivity index (χ1n) is 23.1. The second-order valence-electron chi connectivity index (χ2n) is 18.2. The third kappa shape index (κ3) is 15.9. The van der Waals surface area contributed by atoms with Crippen LogP contribution in [0.4, 0.5) is 15.3 Å². The lowest BCUT2D eigenvalue weighted by Crippen LogP contribution is -2.47. The van der Waals surface area contributed by atoms with Gasteiger partial charge in [-0.25, -0.2) is 15.1 Å². The molecule has 0 bridgehead atoms. The van der Waals surface area contributed by atoms with Crippen molar-refractivity contribution < 1.29 is 47.8 Å². The largest absolute Gasteiger partial charge is 0.489 e. The lowest BCUT2D eigenvalue weighted by molar-refractivity contribution is -0.128. The van der Waals surface area contributed by atoms with Crippen molar-refractivity contribution in [2.75, 3.05) is 25.1 Å². The highest BCUT2D eigenvalue weighted by molar-refractivity contribution is 6.10. The number of nitrogens with zero attached hydrogens (tertiary/aromatic N) is 1. The number of ether oxygens (including phenoxy) is 4. The summed E-state index contributed by atoms with van der Waals surface area (Å²) in [6.45, 7) is 13.8. The molecule has 1 atom stereocenters. The summed E-state index contributed by atoms with van der Waals surface area (Å²) >= 11 is 0. The molecule has 0 saturated heterocycles. The molecule has 0 radical (unpaired) electrons. The molecule has 0 fully saturated rings. The Morgan fingerprint density at radius 3 is 1.85 bits per heavy atom. The zero-order valence-electron chi connectivity index (χ0n) is 40.8. The summed E-state index contributed by atoms with van der Waals surface area (Å²) in [5.74, 6) is -1.00. The van der Waals surface area contributed by atoms with Crippen LogP contribution in [-0.2, 0) is 30.5 Å². The van der Waals surface area contributed by atoms with Gasteiger partial charge in [-0.15, -0.1) is 0 Å². The molecule has 0 heterocycles. The second-order valence-corrected chi connectivity index (χ2v) is 18.2. The standard InChI is InChI=1S/C55H60N6O10/c1-8-32-67-44-29-27-37-20-12-14-24-41(37)47(44)48-42-25-15-13-21-38(42)28-30-45(48)68-35-46(62)58-43(26-17-31-56-51(59-52(65)70-54(2,3)4)60-53(66)71-55(5,6)7)50(64)57-40-23-16-22-39(33-40)49(63)61-69-34-36-18-10-9-11-19-36/h8-16,18-25,27-30,33,43H,1,17,26,31-32,34-35H2,2-7H3,(H,57,64)(H,58,62)(H,61,63)(H2,56,59,60,65,66)/t43-/m1/s1. The number of carbonyl (C=O) groups excluding carboxylic acids is 5. The quantitative estimate of drug-likeness (QED) is 0.0181. The predicted molar refractivity (Wildman–Crippen MR) is 274 cm³/mol. The highest BCUT2D eigenvalue weighted by Crippen LogP contribution is 2.45. The number of fused-ring (bicyclic) bond motifs is 2. The fourth-order valence-electron chi connectivity index (χ4n) is 7.24. The molecule has 16 nitrogen and oxygen atoms in total.